The topological polar surface area (TPSA) is 12.9 Å². The summed E-state index contributed by atoms with van der Waals surface area (Å²) in [6, 6.07) is 13.1. The van der Waals surface area contributed by atoms with Crippen LogP contribution in [0.5, 0.6) is 0 Å². The van der Waals surface area contributed by atoms with Crippen LogP contribution in [0.2, 0.25) is 0 Å². The van der Waals surface area contributed by atoms with Gasteiger partial charge in [0.05, 0.1) is 5.52 Å². The fraction of sp³-hybridized carbons (Fsp3) is 0.286. The Morgan fingerprint density at radius 2 is 1.64 bits per heavy atom. The standard InChI is InChI=1S/C21H23N/c1-13(2)18-12-22-19-11-14(3)10-16(5)20(19)21(18)17-9-7-6-8-15(17)4/h6-13H,1-5H3. The Balaban J connectivity index is 2.49. The van der Waals surface area contributed by atoms with Gasteiger partial charge in [0.1, 0.15) is 0 Å². The van der Waals surface area contributed by atoms with E-state index in [0.717, 1.165) is 5.52 Å². The van der Waals surface area contributed by atoms with Crippen molar-refractivity contribution in [3.63, 3.8) is 0 Å². The average molecular weight is 289 g/mol. The Morgan fingerprint density at radius 3 is 2.32 bits per heavy atom. The molecule has 112 valence electrons. The molecule has 0 radical (unpaired) electrons. The number of aryl methyl sites for hydroxylation is 3. The molecule has 2 aromatic carbocycles. The molecular weight excluding hydrogens is 266 g/mol. The quantitative estimate of drug-likeness (QED) is 0.568. The van der Waals surface area contributed by atoms with Gasteiger partial charge >= 0.3 is 0 Å². The van der Waals surface area contributed by atoms with Gasteiger partial charge in [-0.1, -0.05) is 44.2 Å². The van der Waals surface area contributed by atoms with Gasteiger partial charge < -0.3 is 0 Å². The summed E-state index contributed by atoms with van der Waals surface area (Å²) < 4.78 is 0. The van der Waals surface area contributed by atoms with Crippen LogP contribution in [0, 0.1) is 20.8 Å². The first-order valence-electron chi connectivity index (χ1n) is 7.95. The Labute approximate surface area is 133 Å². The van der Waals surface area contributed by atoms with E-state index >= 15 is 0 Å². The highest BCUT2D eigenvalue weighted by Gasteiger charge is 2.16. The highest BCUT2D eigenvalue weighted by atomic mass is 14.7. The predicted molar refractivity (Wildman–Crippen MR) is 95.5 cm³/mol. The maximum absolute atomic E-state index is 4.74. The molecular formula is C21H23N. The van der Waals surface area contributed by atoms with Gasteiger partial charge in [-0.05, 0) is 66.1 Å². The molecule has 0 N–H and O–H groups in total. The first-order chi connectivity index (χ1) is 10.5. The summed E-state index contributed by atoms with van der Waals surface area (Å²) in [7, 11) is 0. The van der Waals surface area contributed by atoms with Crippen LogP contribution in [0.25, 0.3) is 22.0 Å². The lowest BCUT2D eigenvalue weighted by molar-refractivity contribution is 0.864. The zero-order valence-corrected chi connectivity index (χ0v) is 14.1. The Morgan fingerprint density at radius 1 is 0.909 bits per heavy atom. The Kier molecular flexibility index (Phi) is 3.74. The smallest absolute Gasteiger partial charge is 0.0713 e. The van der Waals surface area contributed by atoms with E-state index in [1.165, 1.54) is 38.8 Å². The lowest BCUT2D eigenvalue weighted by Crippen LogP contribution is -1.99. The van der Waals surface area contributed by atoms with Crippen molar-refractivity contribution in [2.75, 3.05) is 0 Å². The zero-order valence-electron chi connectivity index (χ0n) is 14.1. The maximum Gasteiger partial charge on any atom is 0.0713 e. The van der Waals surface area contributed by atoms with Crippen LogP contribution in [0.3, 0.4) is 0 Å². The molecule has 0 saturated heterocycles. The van der Waals surface area contributed by atoms with Crippen LogP contribution in [-0.2, 0) is 0 Å². The van der Waals surface area contributed by atoms with Crippen molar-refractivity contribution in [3.8, 4) is 11.1 Å². The van der Waals surface area contributed by atoms with Crippen molar-refractivity contribution < 1.29 is 0 Å². The van der Waals surface area contributed by atoms with E-state index in [4.69, 9.17) is 4.98 Å². The number of hydrogen-bond donors (Lipinski definition) is 0. The first-order valence-corrected chi connectivity index (χ1v) is 7.95. The second kappa shape index (κ2) is 5.57. The summed E-state index contributed by atoms with van der Waals surface area (Å²) in [4.78, 5) is 4.74. The lowest BCUT2D eigenvalue weighted by atomic mass is 9.87. The molecule has 22 heavy (non-hydrogen) atoms. The summed E-state index contributed by atoms with van der Waals surface area (Å²) in [5.74, 6) is 0.451. The van der Waals surface area contributed by atoms with E-state index in [1.54, 1.807) is 0 Å². The van der Waals surface area contributed by atoms with Gasteiger partial charge in [-0.15, -0.1) is 0 Å². The number of pyridine rings is 1. The summed E-state index contributed by atoms with van der Waals surface area (Å²) in [5.41, 5.74) is 9.00. The molecule has 1 aromatic heterocycles. The third kappa shape index (κ3) is 2.41. The molecule has 0 saturated carbocycles. The summed E-state index contributed by atoms with van der Waals surface area (Å²) >= 11 is 0. The normalized spacial score (nSPS) is 11.4. The highest BCUT2D eigenvalue weighted by Crippen LogP contribution is 2.38. The van der Waals surface area contributed by atoms with E-state index in [0.29, 0.717) is 5.92 Å². The molecule has 0 aliphatic carbocycles. The van der Waals surface area contributed by atoms with Gasteiger partial charge in [-0.25, -0.2) is 0 Å². The maximum atomic E-state index is 4.74. The largest absolute Gasteiger partial charge is 0.256 e. The zero-order chi connectivity index (χ0) is 15.9. The Hall–Kier alpha value is -2.15. The van der Waals surface area contributed by atoms with Gasteiger partial charge in [0.15, 0.2) is 0 Å². The molecule has 3 rings (SSSR count). The number of benzene rings is 2. The fourth-order valence-corrected chi connectivity index (χ4v) is 3.30. The van der Waals surface area contributed by atoms with Crippen LogP contribution in [0.4, 0.5) is 0 Å². The van der Waals surface area contributed by atoms with Crippen molar-refractivity contribution in [2.24, 2.45) is 0 Å². The third-order valence-electron chi connectivity index (χ3n) is 4.38. The van der Waals surface area contributed by atoms with Crippen molar-refractivity contribution >= 4 is 10.9 Å². The second-order valence-corrected chi connectivity index (χ2v) is 6.53. The molecule has 1 heteroatoms. The summed E-state index contributed by atoms with van der Waals surface area (Å²) in [6.45, 7) is 11.0. The predicted octanol–water partition coefficient (Wildman–Crippen LogP) is 5.95. The van der Waals surface area contributed by atoms with E-state index in [9.17, 15) is 0 Å². The van der Waals surface area contributed by atoms with E-state index < -0.39 is 0 Å². The van der Waals surface area contributed by atoms with Crippen LogP contribution >= 0.6 is 0 Å². The monoisotopic (exact) mass is 289 g/mol. The van der Waals surface area contributed by atoms with E-state index in [1.807, 2.05) is 0 Å². The van der Waals surface area contributed by atoms with Crippen molar-refractivity contribution in [1.29, 1.82) is 0 Å². The summed E-state index contributed by atoms with van der Waals surface area (Å²) in [5, 5.41) is 1.30. The number of hydrogen-bond acceptors (Lipinski definition) is 1. The third-order valence-corrected chi connectivity index (χ3v) is 4.38. The number of rotatable bonds is 2. The molecule has 3 aromatic rings. The van der Waals surface area contributed by atoms with Gasteiger partial charge in [-0.2, -0.15) is 0 Å². The molecule has 0 bridgehead atoms. The second-order valence-electron chi connectivity index (χ2n) is 6.53. The van der Waals surface area contributed by atoms with E-state index in [-0.39, 0.29) is 0 Å². The van der Waals surface area contributed by atoms with Crippen molar-refractivity contribution in [3.05, 3.63) is 64.8 Å². The molecule has 0 aliphatic heterocycles. The Bertz CT molecular complexity index is 844. The SMILES string of the molecule is Cc1cc(C)c2c(-c3ccccc3C)c(C(C)C)cnc2c1. The molecule has 0 fully saturated rings. The molecule has 1 heterocycles. The van der Waals surface area contributed by atoms with Gasteiger partial charge in [0.25, 0.3) is 0 Å². The molecule has 0 unspecified atom stereocenters. The number of aromatic nitrogens is 1. The van der Waals surface area contributed by atoms with Gasteiger partial charge in [-0.3, -0.25) is 4.98 Å². The molecule has 1 nitrogen and oxygen atoms in total. The minimum absolute atomic E-state index is 0.451. The molecule has 0 atom stereocenters. The molecule has 0 spiro atoms. The van der Waals surface area contributed by atoms with Gasteiger partial charge in [0, 0.05) is 11.6 Å². The number of nitrogens with zero attached hydrogens (tertiary/aromatic N) is 1. The summed E-state index contributed by atoms with van der Waals surface area (Å²) in [6.07, 6.45) is 2.06. The van der Waals surface area contributed by atoms with Crippen LogP contribution in [0.15, 0.2) is 42.6 Å². The van der Waals surface area contributed by atoms with Crippen molar-refractivity contribution in [2.45, 2.75) is 40.5 Å². The van der Waals surface area contributed by atoms with E-state index in [2.05, 4.69) is 77.2 Å². The lowest BCUT2D eigenvalue weighted by Gasteiger charge is -2.19. The molecule has 0 amide bonds. The minimum atomic E-state index is 0.451. The van der Waals surface area contributed by atoms with Crippen LogP contribution in [-0.4, -0.2) is 4.98 Å². The number of fused-ring (bicyclic) bond motifs is 1. The minimum Gasteiger partial charge on any atom is -0.256 e. The van der Waals surface area contributed by atoms with Crippen LogP contribution < -0.4 is 0 Å². The fourth-order valence-electron chi connectivity index (χ4n) is 3.30. The van der Waals surface area contributed by atoms with Gasteiger partial charge in [0.2, 0.25) is 0 Å². The average Bonchev–Trinajstić information content (AvgIpc) is 2.46. The molecule has 0 aliphatic rings. The highest BCUT2D eigenvalue weighted by molar-refractivity contribution is 5.99. The van der Waals surface area contributed by atoms with Crippen molar-refractivity contribution in [1.82, 2.24) is 4.98 Å². The van der Waals surface area contributed by atoms with Crippen LogP contribution in [0.1, 0.15) is 42.0 Å². The first kappa shape index (κ1) is 14.8.